The van der Waals surface area contributed by atoms with Crippen LogP contribution in [0.25, 0.3) is 6.08 Å². The Morgan fingerprint density at radius 1 is 1.29 bits per heavy atom. The van der Waals surface area contributed by atoms with Crippen LogP contribution in [0.3, 0.4) is 0 Å². The molecule has 1 atom stereocenters. The third-order valence-electron chi connectivity index (χ3n) is 4.31. The van der Waals surface area contributed by atoms with Gasteiger partial charge in [-0.2, -0.15) is 0 Å². The number of carbonyl (C=O) groups is 1. The maximum atomic E-state index is 12.1. The second kappa shape index (κ2) is 9.45. The monoisotopic (exact) mass is 332 g/mol. The van der Waals surface area contributed by atoms with Gasteiger partial charge in [-0.05, 0) is 29.7 Å². The van der Waals surface area contributed by atoms with Crippen molar-refractivity contribution in [2.24, 2.45) is 5.92 Å². The molecule has 1 unspecified atom stereocenters. The van der Waals surface area contributed by atoms with Crippen LogP contribution in [0.15, 0.2) is 30.3 Å². The Labute approximate surface area is 144 Å². The van der Waals surface area contributed by atoms with Gasteiger partial charge in [0.25, 0.3) is 0 Å². The van der Waals surface area contributed by atoms with E-state index in [1.807, 2.05) is 30.3 Å². The summed E-state index contributed by atoms with van der Waals surface area (Å²) in [6.45, 7) is 8.45. The molecule has 1 saturated heterocycles. The third-order valence-corrected chi connectivity index (χ3v) is 4.31. The van der Waals surface area contributed by atoms with E-state index in [0.29, 0.717) is 18.5 Å². The maximum Gasteiger partial charge on any atom is 0.244 e. The second-order valence-electron chi connectivity index (χ2n) is 6.31. The van der Waals surface area contributed by atoms with E-state index in [9.17, 15) is 4.79 Å². The predicted octanol–water partition coefficient (Wildman–Crippen LogP) is 2.18. The SMILES string of the molecule is COc1ccc(/C=C/C(=O)NCC(C(C)C)N2CCOCC2)cc1. The van der Waals surface area contributed by atoms with E-state index in [4.69, 9.17) is 9.47 Å². The van der Waals surface area contributed by atoms with Crippen molar-refractivity contribution in [2.45, 2.75) is 19.9 Å². The number of hydrogen-bond donors (Lipinski definition) is 1. The van der Waals surface area contributed by atoms with Crippen LogP contribution in [0.5, 0.6) is 5.75 Å². The van der Waals surface area contributed by atoms with E-state index in [1.165, 1.54) is 0 Å². The van der Waals surface area contributed by atoms with E-state index < -0.39 is 0 Å². The van der Waals surface area contributed by atoms with Gasteiger partial charge in [0.05, 0.1) is 20.3 Å². The summed E-state index contributed by atoms with van der Waals surface area (Å²) in [6, 6.07) is 7.95. The lowest BCUT2D eigenvalue weighted by atomic mass is 10.0. The third kappa shape index (κ3) is 5.65. The average Bonchev–Trinajstić information content (AvgIpc) is 2.61. The summed E-state index contributed by atoms with van der Waals surface area (Å²) in [6.07, 6.45) is 3.40. The van der Waals surface area contributed by atoms with Crippen LogP contribution in [0.4, 0.5) is 0 Å². The van der Waals surface area contributed by atoms with E-state index >= 15 is 0 Å². The fourth-order valence-electron chi connectivity index (χ4n) is 2.85. The molecule has 2 rings (SSSR count). The minimum Gasteiger partial charge on any atom is -0.497 e. The van der Waals surface area contributed by atoms with Crippen LogP contribution < -0.4 is 10.1 Å². The molecule has 0 aliphatic carbocycles. The smallest absolute Gasteiger partial charge is 0.244 e. The molecular weight excluding hydrogens is 304 g/mol. The van der Waals surface area contributed by atoms with Crippen LogP contribution in [0, 0.1) is 5.92 Å². The second-order valence-corrected chi connectivity index (χ2v) is 6.31. The number of morpholine rings is 1. The molecule has 5 heteroatoms. The number of benzene rings is 1. The van der Waals surface area contributed by atoms with E-state index in [2.05, 4.69) is 24.1 Å². The molecule has 0 radical (unpaired) electrons. The summed E-state index contributed by atoms with van der Waals surface area (Å²) >= 11 is 0. The van der Waals surface area contributed by atoms with Crippen molar-refractivity contribution < 1.29 is 14.3 Å². The first kappa shape index (κ1) is 18.5. The summed E-state index contributed by atoms with van der Waals surface area (Å²) in [7, 11) is 1.64. The van der Waals surface area contributed by atoms with E-state index in [1.54, 1.807) is 13.2 Å². The molecule has 1 aromatic carbocycles. The van der Waals surface area contributed by atoms with Gasteiger partial charge in [0, 0.05) is 31.8 Å². The number of carbonyl (C=O) groups excluding carboxylic acids is 1. The van der Waals surface area contributed by atoms with Crippen molar-refractivity contribution >= 4 is 12.0 Å². The Morgan fingerprint density at radius 2 is 1.96 bits per heavy atom. The highest BCUT2D eigenvalue weighted by molar-refractivity contribution is 5.91. The van der Waals surface area contributed by atoms with Crippen LogP contribution in [0.1, 0.15) is 19.4 Å². The lowest BCUT2D eigenvalue weighted by molar-refractivity contribution is -0.116. The molecular formula is C19H28N2O3. The maximum absolute atomic E-state index is 12.1. The summed E-state index contributed by atoms with van der Waals surface area (Å²) in [5.41, 5.74) is 0.972. The average molecular weight is 332 g/mol. The number of hydrogen-bond acceptors (Lipinski definition) is 4. The highest BCUT2D eigenvalue weighted by atomic mass is 16.5. The standard InChI is InChI=1S/C19H28N2O3/c1-15(2)18(21-10-12-24-13-11-21)14-20-19(22)9-6-16-4-7-17(23-3)8-5-16/h4-9,15,18H,10-14H2,1-3H3,(H,20,22)/b9-6+. The van der Waals surface area contributed by atoms with Crippen molar-refractivity contribution in [1.82, 2.24) is 10.2 Å². The zero-order valence-corrected chi connectivity index (χ0v) is 14.8. The highest BCUT2D eigenvalue weighted by Gasteiger charge is 2.23. The zero-order valence-electron chi connectivity index (χ0n) is 14.8. The van der Waals surface area contributed by atoms with Crippen molar-refractivity contribution in [3.8, 4) is 5.75 Å². The first-order valence-electron chi connectivity index (χ1n) is 8.52. The van der Waals surface area contributed by atoms with Gasteiger partial charge in [-0.1, -0.05) is 26.0 Å². The highest BCUT2D eigenvalue weighted by Crippen LogP contribution is 2.13. The Bertz CT molecular complexity index is 534. The normalized spacial score (nSPS) is 17.2. The van der Waals surface area contributed by atoms with Crippen molar-refractivity contribution in [2.75, 3.05) is 40.0 Å². The topological polar surface area (TPSA) is 50.8 Å². The van der Waals surface area contributed by atoms with Gasteiger partial charge in [0.2, 0.25) is 5.91 Å². The number of ether oxygens (including phenoxy) is 2. The first-order valence-corrected chi connectivity index (χ1v) is 8.52. The van der Waals surface area contributed by atoms with Crippen LogP contribution in [-0.4, -0.2) is 56.8 Å². The molecule has 0 spiro atoms. The fourth-order valence-corrected chi connectivity index (χ4v) is 2.85. The molecule has 1 aliphatic heterocycles. The summed E-state index contributed by atoms with van der Waals surface area (Å²) in [5.74, 6) is 1.22. The lowest BCUT2D eigenvalue weighted by Crippen LogP contribution is -2.51. The number of nitrogens with zero attached hydrogens (tertiary/aromatic N) is 1. The first-order chi connectivity index (χ1) is 11.6. The largest absolute Gasteiger partial charge is 0.497 e. The van der Waals surface area contributed by atoms with Gasteiger partial charge in [-0.15, -0.1) is 0 Å². The Kier molecular flexibility index (Phi) is 7.28. The van der Waals surface area contributed by atoms with Gasteiger partial charge in [0.1, 0.15) is 5.75 Å². The Balaban J connectivity index is 1.84. The Morgan fingerprint density at radius 3 is 2.54 bits per heavy atom. The molecule has 1 amide bonds. The quantitative estimate of drug-likeness (QED) is 0.778. The van der Waals surface area contributed by atoms with Crippen LogP contribution in [0.2, 0.25) is 0 Å². The van der Waals surface area contributed by atoms with E-state index in [-0.39, 0.29) is 5.91 Å². The van der Waals surface area contributed by atoms with Gasteiger partial charge in [0.15, 0.2) is 0 Å². The lowest BCUT2D eigenvalue weighted by Gasteiger charge is -2.36. The van der Waals surface area contributed by atoms with Gasteiger partial charge in [-0.3, -0.25) is 9.69 Å². The van der Waals surface area contributed by atoms with Gasteiger partial charge in [-0.25, -0.2) is 0 Å². The molecule has 0 aromatic heterocycles. The summed E-state index contributed by atoms with van der Waals surface area (Å²) in [5, 5.41) is 3.02. The van der Waals surface area contributed by atoms with Crippen LogP contribution in [-0.2, 0) is 9.53 Å². The molecule has 1 N–H and O–H groups in total. The van der Waals surface area contributed by atoms with Gasteiger partial charge < -0.3 is 14.8 Å². The molecule has 24 heavy (non-hydrogen) atoms. The molecule has 1 aromatic rings. The van der Waals surface area contributed by atoms with Gasteiger partial charge >= 0.3 is 0 Å². The number of rotatable bonds is 7. The molecule has 5 nitrogen and oxygen atoms in total. The summed E-state index contributed by atoms with van der Waals surface area (Å²) < 4.78 is 10.5. The number of nitrogens with one attached hydrogen (secondary N) is 1. The molecule has 132 valence electrons. The summed E-state index contributed by atoms with van der Waals surface area (Å²) in [4.78, 5) is 14.5. The zero-order chi connectivity index (χ0) is 17.4. The Hall–Kier alpha value is -1.85. The molecule has 0 saturated carbocycles. The number of amides is 1. The molecule has 1 fully saturated rings. The molecule has 1 aliphatic rings. The predicted molar refractivity (Wildman–Crippen MR) is 96.1 cm³/mol. The van der Waals surface area contributed by atoms with Crippen molar-refractivity contribution in [1.29, 1.82) is 0 Å². The minimum atomic E-state index is -0.0651. The fraction of sp³-hybridized carbons (Fsp3) is 0.526. The molecule has 1 heterocycles. The van der Waals surface area contributed by atoms with Crippen molar-refractivity contribution in [3.05, 3.63) is 35.9 Å². The number of methoxy groups -OCH3 is 1. The molecule has 0 bridgehead atoms. The van der Waals surface area contributed by atoms with Crippen LogP contribution >= 0.6 is 0 Å². The van der Waals surface area contributed by atoms with Crippen molar-refractivity contribution in [3.63, 3.8) is 0 Å². The minimum absolute atomic E-state index is 0.0651. The van der Waals surface area contributed by atoms with E-state index in [0.717, 1.165) is 37.6 Å².